The van der Waals surface area contributed by atoms with Gasteiger partial charge in [-0.1, -0.05) is 24.0 Å². The Bertz CT molecular complexity index is 655. The summed E-state index contributed by atoms with van der Waals surface area (Å²) in [6.45, 7) is 1.60. The second kappa shape index (κ2) is 7.93. The van der Waals surface area contributed by atoms with Crippen LogP contribution in [-0.2, 0) is 0 Å². The molecule has 0 N–H and O–H groups in total. The Morgan fingerprint density at radius 2 is 1.86 bits per heavy atom. The fourth-order valence-electron chi connectivity index (χ4n) is 1.95. The molecule has 3 heteroatoms. The highest BCUT2D eigenvalue weighted by Crippen LogP contribution is 2.22. The number of benzene rings is 2. The summed E-state index contributed by atoms with van der Waals surface area (Å²) in [6, 6.07) is 12.4. The molecule has 0 aliphatic rings. The van der Waals surface area contributed by atoms with Crippen LogP contribution in [0.25, 0.3) is 10.8 Å². The van der Waals surface area contributed by atoms with Crippen molar-refractivity contribution in [1.82, 2.24) is 4.90 Å². The molecule has 0 atom stereocenters. The summed E-state index contributed by atoms with van der Waals surface area (Å²) < 4.78 is 5.75. The van der Waals surface area contributed by atoms with Gasteiger partial charge in [-0.25, -0.2) is 0 Å². The Kier molecular flexibility index (Phi) is 5.92. The molecule has 2 aromatic carbocycles. The summed E-state index contributed by atoms with van der Waals surface area (Å²) in [6.07, 6.45) is 0.720. The van der Waals surface area contributed by atoms with Crippen LogP contribution in [0, 0.1) is 11.8 Å². The summed E-state index contributed by atoms with van der Waals surface area (Å²) in [5.41, 5.74) is 1.02. The van der Waals surface area contributed by atoms with Crippen molar-refractivity contribution in [1.29, 1.82) is 0 Å². The second-order valence-electron chi connectivity index (χ2n) is 5.12. The lowest BCUT2D eigenvalue weighted by atomic mass is 10.1. The molecule has 0 bridgehead atoms. The van der Waals surface area contributed by atoms with Crippen molar-refractivity contribution in [2.45, 2.75) is 6.42 Å². The fourth-order valence-corrected chi connectivity index (χ4v) is 2.04. The zero-order chi connectivity index (χ0) is 15.1. The van der Waals surface area contributed by atoms with Gasteiger partial charge in [0.25, 0.3) is 0 Å². The summed E-state index contributed by atoms with van der Waals surface area (Å²) >= 11 is 5.62. The van der Waals surface area contributed by atoms with Crippen molar-refractivity contribution in [2.24, 2.45) is 0 Å². The number of ether oxygens (including phenoxy) is 1. The Balaban J connectivity index is 2.10. The van der Waals surface area contributed by atoms with Gasteiger partial charge in [0.1, 0.15) is 12.4 Å². The van der Waals surface area contributed by atoms with E-state index in [4.69, 9.17) is 16.3 Å². The van der Waals surface area contributed by atoms with Crippen molar-refractivity contribution in [2.75, 3.05) is 33.1 Å². The van der Waals surface area contributed by atoms with Crippen molar-refractivity contribution < 1.29 is 4.74 Å². The molecule has 0 spiro atoms. The molecular formula is C18H20ClNO. The Labute approximate surface area is 131 Å². The van der Waals surface area contributed by atoms with Crippen molar-refractivity contribution in [3.05, 3.63) is 42.0 Å². The molecule has 0 saturated carbocycles. The Hall–Kier alpha value is -1.69. The summed E-state index contributed by atoms with van der Waals surface area (Å²) in [7, 11) is 4.08. The van der Waals surface area contributed by atoms with Crippen LogP contribution in [0.3, 0.4) is 0 Å². The van der Waals surface area contributed by atoms with E-state index >= 15 is 0 Å². The molecule has 0 fully saturated rings. The first-order valence-electron chi connectivity index (χ1n) is 7.05. The van der Waals surface area contributed by atoms with Crippen LogP contribution in [0.15, 0.2) is 36.4 Å². The molecule has 0 aliphatic heterocycles. The van der Waals surface area contributed by atoms with Gasteiger partial charge in [0.2, 0.25) is 0 Å². The molecule has 0 radical (unpaired) electrons. The lowest BCUT2D eigenvalue weighted by Crippen LogP contribution is -2.19. The van der Waals surface area contributed by atoms with Gasteiger partial charge in [-0.15, -0.1) is 11.6 Å². The molecule has 0 aliphatic carbocycles. The largest absolute Gasteiger partial charge is 0.492 e. The zero-order valence-corrected chi connectivity index (χ0v) is 13.3. The zero-order valence-electron chi connectivity index (χ0n) is 12.5. The topological polar surface area (TPSA) is 12.5 Å². The number of rotatable bonds is 5. The Morgan fingerprint density at radius 3 is 2.62 bits per heavy atom. The van der Waals surface area contributed by atoms with Crippen molar-refractivity contribution >= 4 is 22.4 Å². The molecule has 0 unspecified atom stereocenters. The minimum Gasteiger partial charge on any atom is -0.492 e. The smallest absolute Gasteiger partial charge is 0.120 e. The third-order valence-corrected chi connectivity index (χ3v) is 3.26. The molecule has 2 rings (SSSR count). The number of hydrogen-bond donors (Lipinski definition) is 0. The minimum absolute atomic E-state index is 0.578. The maximum absolute atomic E-state index is 5.75. The van der Waals surface area contributed by atoms with E-state index in [0.29, 0.717) is 12.5 Å². The van der Waals surface area contributed by atoms with Gasteiger partial charge in [-0.3, -0.25) is 0 Å². The van der Waals surface area contributed by atoms with E-state index in [2.05, 4.69) is 41.0 Å². The van der Waals surface area contributed by atoms with Gasteiger partial charge >= 0.3 is 0 Å². The third kappa shape index (κ3) is 4.97. The van der Waals surface area contributed by atoms with E-state index in [1.165, 1.54) is 10.8 Å². The van der Waals surface area contributed by atoms with E-state index in [9.17, 15) is 0 Å². The van der Waals surface area contributed by atoms with E-state index in [0.717, 1.165) is 24.3 Å². The average Bonchev–Trinajstić information content (AvgIpc) is 2.47. The molecule has 0 heterocycles. The molecule has 2 nitrogen and oxygen atoms in total. The molecule has 110 valence electrons. The average molecular weight is 302 g/mol. The van der Waals surface area contributed by atoms with Gasteiger partial charge in [0.15, 0.2) is 0 Å². The van der Waals surface area contributed by atoms with Gasteiger partial charge in [-0.2, -0.15) is 0 Å². The van der Waals surface area contributed by atoms with Gasteiger partial charge in [0, 0.05) is 24.4 Å². The van der Waals surface area contributed by atoms with Crippen LogP contribution in [0.1, 0.15) is 12.0 Å². The van der Waals surface area contributed by atoms with Crippen molar-refractivity contribution in [3.63, 3.8) is 0 Å². The second-order valence-corrected chi connectivity index (χ2v) is 5.49. The molecular weight excluding hydrogens is 282 g/mol. The van der Waals surface area contributed by atoms with Gasteiger partial charge < -0.3 is 9.64 Å². The van der Waals surface area contributed by atoms with E-state index in [1.807, 2.05) is 26.2 Å². The van der Waals surface area contributed by atoms with Crippen LogP contribution in [0.2, 0.25) is 0 Å². The maximum Gasteiger partial charge on any atom is 0.120 e. The summed E-state index contributed by atoms with van der Waals surface area (Å²) in [4.78, 5) is 2.10. The van der Waals surface area contributed by atoms with Crippen LogP contribution in [-0.4, -0.2) is 38.0 Å². The predicted molar refractivity (Wildman–Crippen MR) is 90.2 cm³/mol. The summed E-state index contributed by atoms with van der Waals surface area (Å²) in [5.74, 6) is 7.67. The normalized spacial score (nSPS) is 10.5. The highest BCUT2D eigenvalue weighted by Gasteiger charge is 1.99. The fraction of sp³-hybridized carbons (Fsp3) is 0.333. The number of fused-ring (bicyclic) bond motifs is 1. The van der Waals surface area contributed by atoms with Crippen LogP contribution in [0.4, 0.5) is 0 Å². The number of alkyl halides is 1. The third-order valence-electron chi connectivity index (χ3n) is 3.07. The van der Waals surface area contributed by atoms with E-state index < -0.39 is 0 Å². The molecule has 0 aromatic heterocycles. The minimum atomic E-state index is 0.578. The highest BCUT2D eigenvalue weighted by atomic mass is 35.5. The van der Waals surface area contributed by atoms with E-state index in [1.54, 1.807) is 0 Å². The number of nitrogens with zero attached hydrogens (tertiary/aromatic N) is 1. The monoisotopic (exact) mass is 301 g/mol. The Morgan fingerprint density at radius 1 is 1.10 bits per heavy atom. The molecule has 2 aromatic rings. The first kappa shape index (κ1) is 15.7. The number of halogens is 1. The van der Waals surface area contributed by atoms with Gasteiger partial charge in [0.05, 0.1) is 0 Å². The summed E-state index contributed by atoms with van der Waals surface area (Å²) in [5, 5.41) is 2.34. The number of likely N-dealkylation sites (N-methyl/N-ethyl adjacent to an activating group) is 1. The van der Waals surface area contributed by atoms with Crippen LogP contribution >= 0.6 is 11.6 Å². The molecule has 0 saturated heterocycles. The maximum atomic E-state index is 5.75. The predicted octanol–water partition coefficient (Wildman–Crippen LogP) is 3.76. The standard InChI is InChI=1S/C18H20ClNO/c1-20(2)11-12-21-18-9-8-16-13-15(5-3-4-10-19)6-7-17(16)14-18/h6-9,13-14H,4,10-12H2,1-2H3. The molecule has 21 heavy (non-hydrogen) atoms. The van der Waals surface area contributed by atoms with Gasteiger partial charge in [-0.05, 0) is 49.1 Å². The van der Waals surface area contributed by atoms with E-state index in [-0.39, 0.29) is 0 Å². The SMILES string of the molecule is CN(C)CCOc1ccc2cc(C#CCCCl)ccc2c1. The first-order chi connectivity index (χ1) is 10.2. The van der Waals surface area contributed by atoms with Crippen LogP contribution in [0.5, 0.6) is 5.75 Å². The first-order valence-corrected chi connectivity index (χ1v) is 7.58. The highest BCUT2D eigenvalue weighted by molar-refractivity contribution is 6.18. The van der Waals surface area contributed by atoms with Crippen LogP contribution < -0.4 is 4.74 Å². The lowest BCUT2D eigenvalue weighted by Gasteiger charge is -2.11. The number of hydrogen-bond acceptors (Lipinski definition) is 2. The molecule has 0 amide bonds. The quantitative estimate of drug-likeness (QED) is 0.616. The van der Waals surface area contributed by atoms with Crippen molar-refractivity contribution in [3.8, 4) is 17.6 Å². The lowest BCUT2D eigenvalue weighted by molar-refractivity contribution is 0.261.